The van der Waals surface area contributed by atoms with Gasteiger partial charge >= 0.3 is 0 Å². The predicted octanol–water partition coefficient (Wildman–Crippen LogP) is 1.91. The average molecular weight is 292 g/mol. The summed E-state index contributed by atoms with van der Waals surface area (Å²) in [7, 11) is 0. The zero-order chi connectivity index (χ0) is 9.68. The summed E-state index contributed by atoms with van der Waals surface area (Å²) in [5.41, 5.74) is 0.778. The normalized spacial score (nSPS) is 15.3. The molecule has 0 bridgehead atoms. The zero-order valence-corrected chi connectivity index (χ0v) is 9.39. The number of benzene rings is 1. The maximum absolute atomic E-state index is 9.67. The second-order valence-corrected chi connectivity index (χ2v) is 3.98. The molecule has 1 aromatic carbocycles. The van der Waals surface area contributed by atoms with Crippen molar-refractivity contribution in [1.82, 2.24) is 0 Å². The first-order valence-corrected chi connectivity index (χ1v) is 5.75. The standard InChI is InChI=1S/C10H13IO2/c11-7-6-9(12)10(13)8-4-2-1-3-5-8/h1-5,9-10,12-13H,6-7H2. The maximum Gasteiger partial charge on any atom is 0.105 e. The summed E-state index contributed by atoms with van der Waals surface area (Å²) < 4.78 is 0.850. The lowest BCUT2D eigenvalue weighted by atomic mass is 10.0. The molecule has 0 saturated carbocycles. The summed E-state index contributed by atoms with van der Waals surface area (Å²) in [5.74, 6) is 0. The van der Waals surface area contributed by atoms with Crippen molar-refractivity contribution in [3.05, 3.63) is 35.9 Å². The highest BCUT2D eigenvalue weighted by Gasteiger charge is 2.16. The van der Waals surface area contributed by atoms with Crippen molar-refractivity contribution < 1.29 is 10.2 Å². The molecule has 0 aliphatic rings. The third-order valence-electron chi connectivity index (χ3n) is 1.91. The molecule has 0 amide bonds. The Kier molecular flexibility index (Phi) is 4.69. The van der Waals surface area contributed by atoms with Crippen LogP contribution < -0.4 is 0 Å². The number of alkyl halides is 1. The van der Waals surface area contributed by atoms with Crippen molar-refractivity contribution >= 4 is 22.6 Å². The van der Waals surface area contributed by atoms with Gasteiger partial charge in [0.2, 0.25) is 0 Å². The molecule has 2 unspecified atom stereocenters. The number of halogens is 1. The molecule has 2 atom stereocenters. The van der Waals surface area contributed by atoms with E-state index in [1.165, 1.54) is 0 Å². The lowest BCUT2D eigenvalue weighted by molar-refractivity contribution is 0.0176. The van der Waals surface area contributed by atoms with Crippen molar-refractivity contribution in [2.45, 2.75) is 18.6 Å². The van der Waals surface area contributed by atoms with Gasteiger partial charge in [-0.15, -0.1) is 0 Å². The largest absolute Gasteiger partial charge is 0.390 e. The Hall–Kier alpha value is -0.130. The Morgan fingerprint density at radius 2 is 1.77 bits per heavy atom. The lowest BCUT2D eigenvalue weighted by Crippen LogP contribution is -2.18. The van der Waals surface area contributed by atoms with Crippen LogP contribution in [0, 0.1) is 0 Å². The fourth-order valence-corrected chi connectivity index (χ4v) is 1.78. The fourth-order valence-electron chi connectivity index (χ4n) is 1.14. The van der Waals surface area contributed by atoms with E-state index in [0.717, 1.165) is 9.99 Å². The molecule has 0 radical (unpaired) electrons. The van der Waals surface area contributed by atoms with Gasteiger partial charge in [-0.3, -0.25) is 0 Å². The van der Waals surface area contributed by atoms with E-state index in [1.807, 2.05) is 30.3 Å². The van der Waals surface area contributed by atoms with Crippen LogP contribution in [-0.2, 0) is 0 Å². The summed E-state index contributed by atoms with van der Waals surface area (Å²) in [5, 5.41) is 19.2. The van der Waals surface area contributed by atoms with Crippen LogP contribution in [0.4, 0.5) is 0 Å². The molecule has 1 rings (SSSR count). The smallest absolute Gasteiger partial charge is 0.105 e. The number of rotatable bonds is 4. The highest BCUT2D eigenvalue weighted by Crippen LogP contribution is 2.18. The van der Waals surface area contributed by atoms with Gasteiger partial charge in [0.25, 0.3) is 0 Å². The summed E-state index contributed by atoms with van der Waals surface area (Å²) in [4.78, 5) is 0. The molecule has 0 heterocycles. The van der Waals surface area contributed by atoms with E-state index in [-0.39, 0.29) is 0 Å². The number of hydrogen-bond donors (Lipinski definition) is 2. The van der Waals surface area contributed by atoms with Crippen LogP contribution >= 0.6 is 22.6 Å². The summed E-state index contributed by atoms with van der Waals surface area (Å²) in [6.45, 7) is 0. The van der Waals surface area contributed by atoms with E-state index in [0.29, 0.717) is 6.42 Å². The first kappa shape index (κ1) is 10.9. The summed E-state index contributed by atoms with van der Waals surface area (Å²) in [6.07, 6.45) is -0.786. The third kappa shape index (κ3) is 3.25. The molecular formula is C10H13IO2. The van der Waals surface area contributed by atoms with E-state index < -0.39 is 12.2 Å². The van der Waals surface area contributed by atoms with Gasteiger partial charge in [-0.1, -0.05) is 52.9 Å². The van der Waals surface area contributed by atoms with Crippen LogP contribution in [0.25, 0.3) is 0 Å². The first-order chi connectivity index (χ1) is 6.25. The molecular weight excluding hydrogens is 279 g/mol. The van der Waals surface area contributed by atoms with Crippen LogP contribution in [0.2, 0.25) is 0 Å². The Morgan fingerprint density at radius 3 is 2.31 bits per heavy atom. The molecule has 0 aromatic heterocycles. The SMILES string of the molecule is OC(CCI)C(O)c1ccccc1. The molecule has 3 heteroatoms. The van der Waals surface area contributed by atoms with Gasteiger partial charge in [-0.25, -0.2) is 0 Å². The molecule has 0 spiro atoms. The number of aliphatic hydroxyl groups is 2. The van der Waals surface area contributed by atoms with Gasteiger partial charge in [0, 0.05) is 4.43 Å². The van der Waals surface area contributed by atoms with Crippen molar-refractivity contribution in [3.8, 4) is 0 Å². The number of aliphatic hydroxyl groups excluding tert-OH is 2. The van der Waals surface area contributed by atoms with Gasteiger partial charge in [-0.2, -0.15) is 0 Å². The Bertz CT molecular complexity index is 238. The summed E-state index contributed by atoms with van der Waals surface area (Å²) in [6, 6.07) is 9.24. The van der Waals surface area contributed by atoms with Gasteiger partial charge in [0.1, 0.15) is 6.10 Å². The molecule has 0 saturated heterocycles. The second-order valence-electron chi connectivity index (χ2n) is 2.90. The minimum absolute atomic E-state index is 0.622. The Balaban J connectivity index is 2.62. The minimum Gasteiger partial charge on any atom is -0.390 e. The van der Waals surface area contributed by atoms with Gasteiger partial charge < -0.3 is 10.2 Å². The minimum atomic E-state index is -0.754. The average Bonchev–Trinajstić information content (AvgIpc) is 2.18. The van der Waals surface area contributed by atoms with E-state index in [4.69, 9.17) is 0 Å². The van der Waals surface area contributed by atoms with Crippen LogP contribution in [0.3, 0.4) is 0 Å². The van der Waals surface area contributed by atoms with E-state index in [2.05, 4.69) is 22.6 Å². The Labute approximate surface area is 91.7 Å². The quantitative estimate of drug-likeness (QED) is 0.657. The molecule has 2 nitrogen and oxygen atoms in total. The molecule has 0 fully saturated rings. The fraction of sp³-hybridized carbons (Fsp3) is 0.400. The third-order valence-corrected chi connectivity index (χ3v) is 2.53. The molecule has 72 valence electrons. The molecule has 13 heavy (non-hydrogen) atoms. The van der Waals surface area contributed by atoms with Crippen molar-refractivity contribution in [2.24, 2.45) is 0 Å². The van der Waals surface area contributed by atoms with Crippen LogP contribution in [-0.4, -0.2) is 20.7 Å². The van der Waals surface area contributed by atoms with E-state index in [1.54, 1.807) is 0 Å². The lowest BCUT2D eigenvalue weighted by Gasteiger charge is -2.16. The molecule has 0 aliphatic heterocycles. The van der Waals surface area contributed by atoms with Gasteiger partial charge in [0.05, 0.1) is 6.10 Å². The van der Waals surface area contributed by atoms with Crippen LogP contribution in [0.15, 0.2) is 30.3 Å². The molecule has 2 N–H and O–H groups in total. The Morgan fingerprint density at radius 1 is 1.15 bits per heavy atom. The van der Waals surface area contributed by atoms with E-state index >= 15 is 0 Å². The van der Waals surface area contributed by atoms with Crippen LogP contribution in [0.1, 0.15) is 18.1 Å². The predicted molar refractivity (Wildman–Crippen MR) is 60.9 cm³/mol. The topological polar surface area (TPSA) is 40.5 Å². The van der Waals surface area contributed by atoms with Crippen LogP contribution in [0.5, 0.6) is 0 Å². The van der Waals surface area contributed by atoms with Crippen molar-refractivity contribution in [1.29, 1.82) is 0 Å². The number of hydrogen-bond acceptors (Lipinski definition) is 2. The van der Waals surface area contributed by atoms with Crippen molar-refractivity contribution in [3.63, 3.8) is 0 Å². The summed E-state index contributed by atoms with van der Waals surface area (Å²) >= 11 is 2.18. The monoisotopic (exact) mass is 292 g/mol. The zero-order valence-electron chi connectivity index (χ0n) is 7.23. The first-order valence-electron chi connectivity index (χ1n) is 4.22. The van der Waals surface area contributed by atoms with Gasteiger partial charge in [0.15, 0.2) is 0 Å². The highest BCUT2D eigenvalue weighted by molar-refractivity contribution is 14.1. The van der Waals surface area contributed by atoms with E-state index in [9.17, 15) is 10.2 Å². The maximum atomic E-state index is 9.67. The highest BCUT2D eigenvalue weighted by atomic mass is 127. The molecule has 1 aromatic rings. The van der Waals surface area contributed by atoms with Crippen molar-refractivity contribution in [2.75, 3.05) is 4.43 Å². The van der Waals surface area contributed by atoms with Gasteiger partial charge in [-0.05, 0) is 12.0 Å². The molecule has 0 aliphatic carbocycles. The second kappa shape index (κ2) is 5.57.